The number of hydrogen-bond acceptors (Lipinski definition) is 5. The first-order chi connectivity index (χ1) is 14.1. The first-order valence-electron chi connectivity index (χ1n) is 10.3. The van der Waals surface area contributed by atoms with E-state index in [-0.39, 0.29) is 6.04 Å². The molecule has 0 aliphatic carbocycles. The molecule has 0 spiro atoms. The molecule has 0 bridgehead atoms. The molecule has 3 rings (SSSR count). The van der Waals surface area contributed by atoms with Crippen LogP contribution in [0.5, 0.6) is 5.75 Å². The highest BCUT2D eigenvalue weighted by Crippen LogP contribution is 2.22. The predicted molar refractivity (Wildman–Crippen MR) is 113 cm³/mol. The molecular formula is C21H32N6O2. The van der Waals surface area contributed by atoms with E-state index < -0.39 is 0 Å². The molecule has 2 N–H and O–H groups in total. The van der Waals surface area contributed by atoms with Gasteiger partial charge in [0.2, 0.25) is 0 Å². The molecule has 1 aromatic carbocycles. The maximum atomic E-state index is 5.96. The van der Waals surface area contributed by atoms with Crippen LogP contribution in [0.25, 0.3) is 0 Å². The van der Waals surface area contributed by atoms with Gasteiger partial charge in [0.05, 0.1) is 13.1 Å². The van der Waals surface area contributed by atoms with Crippen LogP contribution in [0.4, 0.5) is 0 Å². The fourth-order valence-electron chi connectivity index (χ4n) is 3.51. The Balaban J connectivity index is 1.54. The number of aromatic nitrogens is 3. The van der Waals surface area contributed by atoms with Crippen LogP contribution >= 0.6 is 0 Å². The van der Waals surface area contributed by atoms with Gasteiger partial charge in [0.15, 0.2) is 11.8 Å². The number of hydrogen-bond donors (Lipinski definition) is 2. The van der Waals surface area contributed by atoms with E-state index >= 15 is 0 Å². The lowest BCUT2D eigenvalue weighted by atomic mass is 10.1. The summed E-state index contributed by atoms with van der Waals surface area (Å²) in [5.41, 5.74) is 2.30. The van der Waals surface area contributed by atoms with Gasteiger partial charge in [0.1, 0.15) is 24.8 Å². The van der Waals surface area contributed by atoms with Crippen molar-refractivity contribution in [2.24, 2.45) is 4.99 Å². The molecule has 8 heteroatoms. The van der Waals surface area contributed by atoms with E-state index in [0.717, 1.165) is 60.4 Å². The average molecular weight is 401 g/mol. The quantitative estimate of drug-likeness (QED) is 0.400. The average Bonchev–Trinajstić information content (AvgIpc) is 3.09. The number of nitrogens with one attached hydrogen (secondary N) is 2. The molecule has 0 fully saturated rings. The lowest BCUT2D eigenvalue weighted by molar-refractivity contribution is 0.177. The van der Waals surface area contributed by atoms with Crippen LogP contribution < -0.4 is 15.4 Å². The zero-order chi connectivity index (χ0) is 20.6. The van der Waals surface area contributed by atoms with Crippen molar-refractivity contribution in [2.45, 2.75) is 52.8 Å². The van der Waals surface area contributed by atoms with Crippen LogP contribution in [0.15, 0.2) is 23.2 Å². The number of para-hydroxylation sites is 1. The number of rotatable bonds is 8. The summed E-state index contributed by atoms with van der Waals surface area (Å²) < 4.78 is 13.1. The molecule has 0 saturated heterocycles. The smallest absolute Gasteiger partial charge is 0.191 e. The first-order valence-corrected chi connectivity index (χ1v) is 10.3. The molecular weight excluding hydrogens is 368 g/mol. The topological polar surface area (TPSA) is 85.6 Å². The number of fused-ring (bicyclic) bond motifs is 1. The Morgan fingerprint density at radius 2 is 2.10 bits per heavy atom. The Kier molecular flexibility index (Phi) is 7.46. The van der Waals surface area contributed by atoms with Crippen molar-refractivity contribution in [3.05, 3.63) is 41.0 Å². The van der Waals surface area contributed by atoms with Crippen LogP contribution in [0.1, 0.15) is 36.1 Å². The molecule has 8 nitrogen and oxygen atoms in total. The minimum atomic E-state index is 0.261. The molecule has 0 amide bonds. The van der Waals surface area contributed by atoms with Gasteiger partial charge in [-0.15, -0.1) is 0 Å². The number of aryl methyl sites for hydroxylation is 3. The van der Waals surface area contributed by atoms with E-state index in [1.54, 1.807) is 7.11 Å². The van der Waals surface area contributed by atoms with Gasteiger partial charge in [-0.3, -0.25) is 0 Å². The van der Waals surface area contributed by atoms with Gasteiger partial charge < -0.3 is 20.1 Å². The summed E-state index contributed by atoms with van der Waals surface area (Å²) in [6.45, 7) is 9.36. The summed E-state index contributed by atoms with van der Waals surface area (Å²) >= 11 is 0. The van der Waals surface area contributed by atoms with Gasteiger partial charge in [-0.1, -0.05) is 18.2 Å². The van der Waals surface area contributed by atoms with Crippen LogP contribution in [-0.4, -0.2) is 53.6 Å². The van der Waals surface area contributed by atoms with E-state index in [4.69, 9.17) is 9.47 Å². The van der Waals surface area contributed by atoms with E-state index in [2.05, 4.69) is 58.6 Å². The van der Waals surface area contributed by atoms with Crippen LogP contribution in [0, 0.1) is 13.8 Å². The number of benzene rings is 1. The highest BCUT2D eigenvalue weighted by Gasteiger charge is 2.22. The summed E-state index contributed by atoms with van der Waals surface area (Å²) in [6, 6.07) is 6.44. The highest BCUT2D eigenvalue weighted by molar-refractivity contribution is 5.80. The number of methoxy groups -OCH3 is 1. The molecule has 1 aliphatic rings. The normalized spacial score (nSPS) is 16.4. The third kappa shape index (κ3) is 5.69. The Labute approximate surface area is 172 Å². The van der Waals surface area contributed by atoms with Gasteiger partial charge in [0, 0.05) is 26.1 Å². The number of guanidine groups is 1. The zero-order valence-corrected chi connectivity index (χ0v) is 17.9. The summed E-state index contributed by atoms with van der Waals surface area (Å²) in [7, 11) is 1.66. The minimum Gasteiger partial charge on any atom is -0.491 e. The number of ether oxygens (including phenoxy) is 2. The van der Waals surface area contributed by atoms with Crippen LogP contribution in [-0.2, 0) is 24.3 Å². The van der Waals surface area contributed by atoms with Gasteiger partial charge in [-0.05, 0) is 38.3 Å². The first kappa shape index (κ1) is 21.1. The molecule has 2 heterocycles. The van der Waals surface area contributed by atoms with Crippen molar-refractivity contribution in [1.82, 2.24) is 25.4 Å². The minimum absolute atomic E-state index is 0.261. The largest absolute Gasteiger partial charge is 0.491 e. The summed E-state index contributed by atoms with van der Waals surface area (Å²) in [5, 5.41) is 11.4. The standard InChI is InChI=1S/C21H32N6O2/c1-5-22-21(23-11-12-29-20-15(2)7-6-8-16(20)3)24-17-9-10-19-25-18(14-28-4)26-27(19)13-17/h6-8,17H,5,9-14H2,1-4H3,(H2,22,23,24). The van der Waals surface area contributed by atoms with Gasteiger partial charge in [-0.25, -0.2) is 14.7 Å². The second kappa shape index (κ2) is 10.2. The summed E-state index contributed by atoms with van der Waals surface area (Å²) in [6.07, 6.45) is 1.89. The summed E-state index contributed by atoms with van der Waals surface area (Å²) in [4.78, 5) is 9.21. The van der Waals surface area contributed by atoms with Crippen LogP contribution in [0.3, 0.4) is 0 Å². The Morgan fingerprint density at radius 1 is 1.31 bits per heavy atom. The van der Waals surface area contributed by atoms with Crippen molar-refractivity contribution in [2.75, 3.05) is 26.8 Å². The Hall–Kier alpha value is -2.61. The summed E-state index contributed by atoms with van der Waals surface area (Å²) in [5.74, 6) is 3.54. The third-order valence-electron chi connectivity index (χ3n) is 4.88. The monoisotopic (exact) mass is 400 g/mol. The third-order valence-corrected chi connectivity index (χ3v) is 4.88. The van der Waals surface area contributed by atoms with Crippen molar-refractivity contribution in [3.8, 4) is 5.75 Å². The van der Waals surface area contributed by atoms with Crippen molar-refractivity contribution in [1.29, 1.82) is 0 Å². The van der Waals surface area contributed by atoms with Gasteiger partial charge in [-0.2, -0.15) is 5.10 Å². The predicted octanol–water partition coefficient (Wildman–Crippen LogP) is 1.99. The molecule has 0 radical (unpaired) electrons. The van der Waals surface area contributed by atoms with E-state index in [0.29, 0.717) is 19.8 Å². The molecule has 1 atom stereocenters. The van der Waals surface area contributed by atoms with Crippen molar-refractivity contribution in [3.63, 3.8) is 0 Å². The molecule has 1 unspecified atom stereocenters. The van der Waals surface area contributed by atoms with Gasteiger partial charge >= 0.3 is 0 Å². The second-order valence-corrected chi connectivity index (χ2v) is 7.27. The van der Waals surface area contributed by atoms with Crippen molar-refractivity contribution < 1.29 is 9.47 Å². The second-order valence-electron chi connectivity index (χ2n) is 7.27. The lowest BCUT2D eigenvalue weighted by Crippen LogP contribution is -2.47. The van der Waals surface area contributed by atoms with Gasteiger partial charge in [0.25, 0.3) is 0 Å². The zero-order valence-electron chi connectivity index (χ0n) is 17.9. The fraction of sp³-hybridized carbons (Fsp3) is 0.571. The van der Waals surface area contributed by atoms with E-state index in [1.165, 1.54) is 0 Å². The lowest BCUT2D eigenvalue weighted by Gasteiger charge is -2.25. The Morgan fingerprint density at radius 3 is 2.83 bits per heavy atom. The Bertz CT molecular complexity index is 812. The maximum Gasteiger partial charge on any atom is 0.191 e. The molecule has 29 heavy (non-hydrogen) atoms. The van der Waals surface area contributed by atoms with Crippen LogP contribution in [0.2, 0.25) is 0 Å². The van der Waals surface area contributed by atoms with Crippen molar-refractivity contribution >= 4 is 5.96 Å². The molecule has 0 saturated carbocycles. The molecule has 1 aromatic heterocycles. The highest BCUT2D eigenvalue weighted by atomic mass is 16.5. The van der Waals surface area contributed by atoms with E-state index in [9.17, 15) is 0 Å². The SMILES string of the molecule is CCNC(=NCCOc1c(C)cccc1C)NC1CCc2nc(COC)nn2C1. The molecule has 2 aromatic rings. The van der Waals surface area contributed by atoms with E-state index in [1.807, 2.05) is 10.7 Å². The number of aliphatic imine (C=N–C) groups is 1. The number of nitrogens with zero attached hydrogens (tertiary/aromatic N) is 4. The molecule has 1 aliphatic heterocycles. The molecule has 158 valence electrons. The maximum absolute atomic E-state index is 5.96. The fourth-order valence-corrected chi connectivity index (χ4v) is 3.51.